The maximum atomic E-state index is 5.35. The second-order valence-electron chi connectivity index (χ2n) is 2.35. The van der Waals surface area contributed by atoms with Crippen LogP contribution >= 0.6 is 0 Å². The highest BCUT2D eigenvalue weighted by Gasteiger charge is 2.08. The quantitative estimate of drug-likeness (QED) is 0.620. The van der Waals surface area contributed by atoms with Crippen molar-refractivity contribution in [3.8, 4) is 0 Å². The molecule has 0 spiro atoms. The summed E-state index contributed by atoms with van der Waals surface area (Å²) in [6.07, 6.45) is 6.25. The predicted octanol–water partition coefficient (Wildman–Crippen LogP) is 2.23. The molecule has 0 aliphatic heterocycles. The number of hydrogen-bond acceptors (Lipinski definition) is 2. The standard InChI is InChI=1S/C9H14O2/c1-3-11-9-7-5-4-6-8(9)10-2/h6-7H,3-5H2,1-2H3. The Balaban J connectivity index is 2.59. The van der Waals surface area contributed by atoms with E-state index in [0.717, 1.165) is 24.4 Å². The van der Waals surface area contributed by atoms with Gasteiger partial charge in [0.25, 0.3) is 0 Å². The van der Waals surface area contributed by atoms with E-state index in [1.807, 2.05) is 6.92 Å². The number of hydrogen-bond donors (Lipinski definition) is 0. The van der Waals surface area contributed by atoms with Gasteiger partial charge in [0.15, 0.2) is 11.5 Å². The number of methoxy groups -OCH3 is 1. The van der Waals surface area contributed by atoms with E-state index in [0.29, 0.717) is 6.61 Å². The van der Waals surface area contributed by atoms with Crippen molar-refractivity contribution in [2.24, 2.45) is 0 Å². The summed E-state index contributed by atoms with van der Waals surface area (Å²) in [6.45, 7) is 2.68. The fourth-order valence-electron chi connectivity index (χ4n) is 1.10. The van der Waals surface area contributed by atoms with Gasteiger partial charge in [0.05, 0.1) is 13.7 Å². The first-order valence-corrected chi connectivity index (χ1v) is 3.96. The molecule has 0 fully saturated rings. The summed E-state index contributed by atoms with van der Waals surface area (Å²) in [5.41, 5.74) is 0. The lowest BCUT2D eigenvalue weighted by atomic mass is 10.1. The molecule has 0 saturated carbocycles. The Bertz CT molecular complexity index is 180. The van der Waals surface area contributed by atoms with E-state index in [4.69, 9.17) is 9.47 Å². The Labute approximate surface area is 67.5 Å². The molecule has 0 aromatic carbocycles. The van der Waals surface area contributed by atoms with Crippen LogP contribution in [-0.2, 0) is 9.47 Å². The molecule has 1 aliphatic rings. The Morgan fingerprint density at radius 1 is 1.27 bits per heavy atom. The van der Waals surface area contributed by atoms with E-state index in [1.165, 1.54) is 0 Å². The van der Waals surface area contributed by atoms with Crippen LogP contribution in [0.1, 0.15) is 19.8 Å². The Morgan fingerprint density at radius 3 is 2.45 bits per heavy atom. The van der Waals surface area contributed by atoms with Gasteiger partial charge >= 0.3 is 0 Å². The molecule has 1 aliphatic carbocycles. The Morgan fingerprint density at radius 2 is 1.91 bits per heavy atom. The number of ether oxygens (including phenoxy) is 2. The second-order valence-corrected chi connectivity index (χ2v) is 2.35. The third kappa shape index (κ3) is 2.00. The zero-order chi connectivity index (χ0) is 8.10. The molecular weight excluding hydrogens is 140 g/mol. The van der Waals surface area contributed by atoms with Crippen LogP contribution < -0.4 is 0 Å². The van der Waals surface area contributed by atoms with Crippen LogP contribution in [-0.4, -0.2) is 13.7 Å². The van der Waals surface area contributed by atoms with Gasteiger partial charge in [-0.1, -0.05) is 0 Å². The number of allylic oxidation sites excluding steroid dienone is 2. The lowest BCUT2D eigenvalue weighted by Crippen LogP contribution is -2.01. The first kappa shape index (κ1) is 8.18. The van der Waals surface area contributed by atoms with Crippen LogP contribution in [0.5, 0.6) is 0 Å². The maximum Gasteiger partial charge on any atom is 0.156 e. The van der Waals surface area contributed by atoms with Gasteiger partial charge in [-0.2, -0.15) is 0 Å². The van der Waals surface area contributed by atoms with E-state index in [-0.39, 0.29) is 0 Å². The monoisotopic (exact) mass is 154 g/mol. The summed E-state index contributed by atoms with van der Waals surface area (Å²) >= 11 is 0. The van der Waals surface area contributed by atoms with E-state index < -0.39 is 0 Å². The molecule has 0 N–H and O–H groups in total. The minimum atomic E-state index is 0.701. The van der Waals surface area contributed by atoms with Gasteiger partial charge < -0.3 is 9.47 Å². The molecule has 0 aromatic heterocycles. The molecule has 0 amide bonds. The second kappa shape index (κ2) is 4.06. The lowest BCUT2D eigenvalue weighted by molar-refractivity contribution is 0.183. The molecule has 11 heavy (non-hydrogen) atoms. The molecule has 2 heteroatoms. The Hall–Kier alpha value is -0.920. The molecule has 0 aromatic rings. The number of rotatable bonds is 3. The molecule has 0 atom stereocenters. The van der Waals surface area contributed by atoms with Crippen molar-refractivity contribution in [1.82, 2.24) is 0 Å². The lowest BCUT2D eigenvalue weighted by Gasteiger charge is -2.14. The van der Waals surface area contributed by atoms with Crippen LogP contribution in [0.4, 0.5) is 0 Å². The van der Waals surface area contributed by atoms with Crippen molar-refractivity contribution < 1.29 is 9.47 Å². The molecule has 1 rings (SSSR count). The SMILES string of the molecule is CCOC1=CCCC=C1OC. The Kier molecular flexibility index (Phi) is 3.02. The zero-order valence-corrected chi connectivity index (χ0v) is 7.09. The normalized spacial score (nSPS) is 16.9. The molecule has 0 unspecified atom stereocenters. The minimum absolute atomic E-state index is 0.701. The fraction of sp³-hybridized carbons (Fsp3) is 0.556. The van der Waals surface area contributed by atoms with Crippen molar-refractivity contribution in [1.29, 1.82) is 0 Å². The third-order valence-electron chi connectivity index (χ3n) is 1.59. The van der Waals surface area contributed by atoms with Gasteiger partial charge in [0.1, 0.15) is 0 Å². The largest absolute Gasteiger partial charge is 0.493 e. The average molecular weight is 154 g/mol. The maximum absolute atomic E-state index is 5.35. The summed E-state index contributed by atoms with van der Waals surface area (Å²) in [7, 11) is 1.67. The van der Waals surface area contributed by atoms with Crippen molar-refractivity contribution in [2.75, 3.05) is 13.7 Å². The predicted molar refractivity (Wildman–Crippen MR) is 44.0 cm³/mol. The van der Waals surface area contributed by atoms with E-state index in [1.54, 1.807) is 7.11 Å². The van der Waals surface area contributed by atoms with Crippen LogP contribution in [0.2, 0.25) is 0 Å². The zero-order valence-electron chi connectivity index (χ0n) is 7.09. The topological polar surface area (TPSA) is 18.5 Å². The van der Waals surface area contributed by atoms with Gasteiger partial charge in [-0.3, -0.25) is 0 Å². The van der Waals surface area contributed by atoms with E-state index in [2.05, 4.69) is 12.2 Å². The van der Waals surface area contributed by atoms with E-state index in [9.17, 15) is 0 Å². The van der Waals surface area contributed by atoms with Gasteiger partial charge in [-0.15, -0.1) is 0 Å². The van der Waals surface area contributed by atoms with E-state index >= 15 is 0 Å². The highest BCUT2D eigenvalue weighted by Crippen LogP contribution is 2.19. The van der Waals surface area contributed by atoms with Crippen molar-refractivity contribution >= 4 is 0 Å². The molecule has 62 valence electrons. The highest BCUT2D eigenvalue weighted by molar-refractivity contribution is 5.23. The van der Waals surface area contributed by atoms with Crippen molar-refractivity contribution in [3.05, 3.63) is 23.7 Å². The van der Waals surface area contributed by atoms with Crippen molar-refractivity contribution in [2.45, 2.75) is 19.8 Å². The first-order chi connectivity index (χ1) is 5.38. The van der Waals surface area contributed by atoms with Crippen LogP contribution in [0, 0.1) is 0 Å². The van der Waals surface area contributed by atoms with Crippen LogP contribution in [0.3, 0.4) is 0 Å². The molecule has 0 bridgehead atoms. The molecule has 0 heterocycles. The summed E-state index contributed by atoms with van der Waals surface area (Å²) in [6, 6.07) is 0. The first-order valence-electron chi connectivity index (χ1n) is 3.96. The van der Waals surface area contributed by atoms with Gasteiger partial charge in [-0.25, -0.2) is 0 Å². The minimum Gasteiger partial charge on any atom is -0.493 e. The molecule has 0 saturated heterocycles. The molecular formula is C9H14O2. The molecule has 0 radical (unpaired) electrons. The smallest absolute Gasteiger partial charge is 0.156 e. The van der Waals surface area contributed by atoms with Crippen LogP contribution in [0.15, 0.2) is 23.7 Å². The van der Waals surface area contributed by atoms with Gasteiger partial charge in [0.2, 0.25) is 0 Å². The summed E-state index contributed by atoms with van der Waals surface area (Å²) < 4.78 is 10.5. The highest BCUT2D eigenvalue weighted by atomic mass is 16.5. The van der Waals surface area contributed by atoms with Gasteiger partial charge in [-0.05, 0) is 31.9 Å². The van der Waals surface area contributed by atoms with Crippen molar-refractivity contribution in [3.63, 3.8) is 0 Å². The fourth-order valence-corrected chi connectivity index (χ4v) is 1.10. The molecule has 2 nitrogen and oxygen atoms in total. The third-order valence-corrected chi connectivity index (χ3v) is 1.59. The van der Waals surface area contributed by atoms with Gasteiger partial charge in [0, 0.05) is 0 Å². The summed E-state index contributed by atoms with van der Waals surface area (Å²) in [5.74, 6) is 1.76. The average Bonchev–Trinajstić information content (AvgIpc) is 2.06. The summed E-state index contributed by atoms with van der Waals surface area (Å²) in [5, 5.41) is 0. The summed E-state index contributed by atoms with van der Waals surface area (Å²) in [4.78, 5) is 0. The van der Waals surface area contributed by atoms with Crippen LogP contribution in [0.25, 0.3) is 0 Å².